The largest absolute Gasteiger partial charge is 0.339 e. The van der Waals surface area contributed by atoms with Crippen LogP contribution < -0.4 is 0 Å². The number of likely N-dealkylation sites (tertiary alicyclic amines) is 1. The molecule has 0 aromatic carbocycles. The number of rotatable bonds is 3. The highest BCUT2D eigenvalue weighted by molar-refractivity contribution is 5.88. The van der Waals surface area contributed by atoms with Crippen molar-refractivity contribution in [3.05, 3.63) is 0 Å². The van der Waals surface area contributed by atoms with E-state index in [-0.39, 0.29) is 17.7 Å². The first-order chi connectivity index (χ1) is 8.13. The summed E-state index contributed by atoms with van der Waals surface area (Å²) in [5.74, 6) is -0.200. The van der Waals surface area contributed by atoms with Gasteiger partial charge in [0.05, 0.1) is 13.0 Å². The van der Waals surface area contributed by atoms with E-state index in [1.807, 2.05) is 4.90 Å². The van der Waals surface area contributed by atoms with Crippen molar-refractivity contribution < 1.29 is 14.4 Å². The third-order valence-corrected chi connectivity index (χ3v) is 3.86. The van der Waals surface area contributed by atoms with Crippen LogP contribution in [0.2, 0.25) is 0 Å². The number of amides is 2. The summed E-state index contributed by atoms with van der Waals surface area (Å²) in [5, 5.41) is 1.22. The molecular formula is C12H20N2O3. The first-order valence-corrected chi connectivity index (χ1v) is 6.24. The predicted octanol–water partition coefficient (Wildman–Crippen LogP) is 0.797. The summed E-state index contributed by atoms with van der Waals surface area (Å²) in [6, 6.07) is 0.369. The fraction of sp³-hybridized carbons (Fsp3) is 0.833. The van der Waals surface area contributed by atoms with Crippen LogP contribution in [0, 0.1) is 5.92 Å². The molecule has 1 unspecified atom stereocenters. The van der Waals surface area contributed by atoms with E-state index in [1.165, 1.54) is 25.0 Å². The Bertz CT molecular complexity index is 313. The smallest absolute Gasteiger partial charge is 0.251 e. The number of hydrogen-bond donors (Lipinski definition) is 0. The highest BCUT2D eigenvalue weighted by Gasteiger charge is 2.39. The lowest BCUT2D eigenvalue weighted by Crippen LogP contribution is -2.37. The van der Waals surface area contributed by atoms with E-state index in [0.717, 1.165) is 12.8 Å². The number of hydroxylamine groups is 2. The maximum Gasteiger partial charge on any atom is 0.251 e. The molecule has 1 saturated carbocycles. The van der Waals surface area contributed by atoms with E-state index in [9.17, 15) is 9.59 Å². The molecule has 0 aromatic rings. The van der Waals surface area contributed by atoms with Crippen LogP contribution in [0.1, 0.15) is 32.1 Å². The van der Waals surface area contributed by atoms with Crippen LogP contribution in [0.4, 0.5) is 0 Å². The zero-order valence-corrected chi connectivity index (χ0v) is 10.5. The molecular weight excluding hydrogens is 220 g/mol. The molecule has 17 heavy (non-hydrogen) atoms. The van der Waals surface area contributed by atoms with Gasteiger partial charge < -0.3 is 4.90 Å². The molecule has 0 radical (unpaired) electrons. The summed E-state index contributed by atoms with van der Waals surface area (Å²) < 4.78 is 0. The van der Waals surface area contributed by atoms with Gasteiger partial charge in [0.2, 0.25) is 5.91 Å². The molecule has 1 atom stereocenters. The highest BCUT2D eigenvalue weighted by atomic mass is 16.7. The molecule has 1 saturated heterocycles. The van der Waals surface area contributed by atoms with E-state index in [4.69, 9.17) is 4.84 Å². The van der Waals surface area contributed by atoms with Crippen LogP contribution >= 0.6 is 0 Å². The van der Waals surface area contributed by atoms with Crippen LogP contribution in [0.25, 0.3) is 0 Å². The fourth-order valence-electron chi connectivity index (χ4n) is 2.81. The molecule has 96 valence electrons. The van der Waals surface area contributed by atoms with Gasteiger partial charge in [0.1, 0.15) is 0 Å². The van der Waals surface area contributed by atoms with Crippen molar-refractivity contribution >= 4 is 11.8 Å². The van der Waals surface area contributed by atoms with E-state index >= 15 is 0 Å². The normalized spacial score (nSPS) is 25.6. The summed E-state index contributed by atoms with van der Waals surface area (Å²) in [5.41, 5.74) is 0. The van der Waals surface area contributed by atoms with Crippen LogP contribution in [-0.2, 0) is 14.4 Å². The van der Waals surface area contributed by atoms with E-state index in [0.29, 0.717) is 19.0 Å². The van der Waals surface area contributed by atoms with Gasteiger partial charge in [0.25, 0.3) is 5.91 Å². The van der Waals surface area contributed by atoms with E-state index < -0.39 is 0 Å². The standard InChI is InChI=1S/C12H20N2O3/c1-13(17-2)12(16)9-7-11(15)14(8-9)10-5-3-4-6-10/h9-10H,3-8H2,1-2H3. The van der Waals surface area contributed by atoms with Crippen LogP contribution in [0.3, 0.4) is 0 Å². The fourth-order valence-corrected chi connectivity index (χ4v) is 2.81. The van der Waals surface area contributed by atoms with Crippen molar-refractivity contribution in [2.45, 2.75) is 38.1 Å². The maximum atomic E-state index is 11.9. The van der Waals surface area contributed by atoms with Crippen LogP contribution in [0.5, 0.6) is 0 Å². The molecule has 5 heteroatoms. The number of nitrogens with zero attached hydrogens (tertiary/aromatic N) is 2. The minimum atomic E-state index is -0.229. The molecule has 1 heterocycles. The minimum absolute atomic E-state index is 0.0960. The van der Waals surface area contributed by atoms with Crippen molar-refractivity contribution in [2.24, 2.45) is 5.92 Å². The number of hydrogen-bond acceptors (Lipinski definition) is 3. The Balaban J connectivity index is 1.96. The lowest BCUT2D eigenvalue weighted by atomic mass is 10.1. The van der Waals surface area contributed by atoms with Gasteiger partial charge in [-0.2, -0.15) is 0 Å². The lowest BCUT2D eigenvalue weighted by Gasteiger charge is -2.24. The molecule has 1 aliphatic heterocycles. The number of carbonyl (C=O) groups excluding carboxylic acids is 2. The Hall–Kier alpha value is -1.10. The Kier molecular flexibility index (Phi) is 3.66. The second kappa shape index (κ2) is 5.04. The lowest BCUT2D eigenvalue weighted by molar-refractivity contribution is -0.173. The highest BCUT2D eigenvalue weighted by Crippen LogP contribution is 2.29. The molecule has 2 fully saturated rings. The maximum absolute atomic E-state index is 11.9. The van der Waals surface area contributed by atoms with Crippen LogP contribution in [0.15, 0.2) is 0 Å². The van der Waals surface area contributed by atoms with Crippen molar-refractivity contribution in [3.63, 3.8) is 0 Å². The van der Waals surface area contributed by atoms with Gasteiger partial charge in [-0.15, -0.1) is 0 Å². The van der Waals surface area contributed by atoms with Gasteiger partial charge in [0, 0.05) is 26.1 Å². The SMILES string of the molecule is CON(C)C(=O)C1CC(=O)N(C2CCCC2)C1. The van der Waals surface area contributed by atoms with Crippen LogP contribution in [-0.4, -0.2) is 48.5 Å². The summed E-state index contributed by atoms with van der Waals surface area (Å²) in [7, 11) is 3.05. The summed E-state index contributed by atoms with van der Waals surface area (Å²) >= 11 is 0. The molecule has 2 aliphatic rings. The zero-order chi connectivity index (χ0) is 12.4. The molecule has 0 bridgehead atoms. The van der Waals surface area contributed by atoms with Gasteiger partial charge in [-0.25, -0.2) is 5.06 Å². The van der Waals surface area contributed by atoms with Crippen molar-refractivity contribution in [1.82, 2.24) is 9.96 Å². The van der Waals surface area contributed by atoms with Gasteiger partial charge in [-0.05, 0) is 12.8 Å². The Morgan fingerprint density at radius 1 is 1.41 bits per heavy atom. The van der Waals surface area contributed by atoms with Crippen molar-refractivity contribution in [2.75, 3.05) is 20.7 Å². The Labute approximate surface area is 102 Å². The van der Waals surface area contributed by atoms with Gasteiger partial charge in [-0.1, -0.05) is 12.8 Å². The second-order valence-electron chi connectivity index (χ2n) is 4.90. The van der Waals surface area contributed by atoms with Crippen molar-refractivity contribution in [3.8, 4) is 0 Å². The summed E-state index contributed by atoms with van der Waals surface area (Å²) in [6.45, 7) is 0.566. The topological polar surface area (TPSA) is 49.9 Å². The zero-order valence-electron chi connectivity index (χ0n) is 10.5. The van der Waals surface area contributed by atoms with E-state index in [1.54, 1.807) is 7.05 Å². The Morgan fingerprint density at radius 2 is 2.06 bits per heavy atom. The molecule has 5 nitrogen and oxygen atoms in total. The molecule has 0 spiro atoms. The summed E-state index contributed by atoms with van der Waals surface area (Å²) in [6.07, 6.45) is 4.92. The second-order valence-corrected chi connectivity index (χ2v) is 4.90. The minimum Gasteiger partial charge on any atom is -0.339 e. The molecule has 0 aromatic heterocycles. The predicted molar refractivity (Wildman–Crippen MR) is 61.9 cm³/mol. The van der Waals surface area contributed by atoms with Crippen molar-refractivity contribution in [1.29, 1.82) is 0 Å². The molecule has 1 aliphatic carbocycles. The first kappa shape index (κ1) is 12.4. The Morgan fingerprint density at radius 3 is 2.65 bits per heavy atom. The quantitative estimate of drug-likeness (QED) is 0.685. The molecule has 0 N–H and O–H groups in total. The van der Waals surface area contributed by atoms with Gasteiger partial charge >= 0.3 is 0 Å². The molecule has 2 amide bonds. The third kappa shape index (κ3) is 2.44. The third-order valence-electron chi connectivity index (χ3n) is 3.86. The number of carbonyl (C=O) groups is 2. The monoisotopic (exact) mass is 240 g/mol. The van der Waals surface area contributed by atoms with E-state index in [2.05, 4.69) is 0 Å². The molecule has 2 rings (SSSR count). The average molecular weight is 240 g/mol. The average Bonchev–Trinajstić information content (AvgIpc) is 2.95. The first-order valence-electron chi connectivity index (χ1n) is 6.24. The van der Waals surface area contributed by atoms with Gasteiger partial charge in [0.15, 0.2) is 0 Å². The van der Waals surface area contributed by atoms with Gasteiger partial charge in [-0.3, -0.25) is 14.4 Å². The summed E-state index contributed by atoms with van der Waals surface area (Å²) in [4.78, 5) is 30.6.